The molecule has 1 spiro atoms. The van der Waals surface area contributed by atoms with Gasteiger partial charge in [0.05, 0.1) is 11.1 Å². The molecule has 0 unspecified atom stereocenters. The van der Waals surface area contributed by atoms with Crippen LogP contribution < -0.4 is 5.32 Å². The Morgan fingerprint density at radius 1 is 1.09 bits per heavy atom. The number of amides is 3. The van der Waals surface area contributed by atoms with Gasteiger partial charge in [-0.2, -0.15) is 0 Å². The fraction of sp³-hybridized carbons (Fsp3) is 0.704. The van der Waals surface area contributed by atoms with Crippen LogP contribution in [0.25, 0.3) is 0 Å². The Kier molecular flexibility index (Phi) is 6.13. The first-order valence-corrected chi connectivity index (χ1v) is 13.0. The van der Waals surface area contributed by atoms with Gasteiger partial charge in [0.2, 0.25) is 5.91 Å². The third-order valence-corrected chi connectivity index (χ3v) is 9.18. The van der Waals surface area contributed by atoms with Crippen LogP contribution in [0, 0.1) is 5.92 Å². The van der Waals surface area contributed by atoms with Crippen molar-refractivity contribution < 1.29 is 14.7 Å². The molecule has 1 saturated heterocycles. The topological polar surface area (TPSA) is 76.1 Å². The minimum atomic E-state index is -0.724. The summed E-state index contributed by atoms with van der Waals surface area (Å²) in [6.45, 7) is 1.80. The van der Waals surface area contributed by atoms with Gasteiger partial charge in [-0.25, -0.2) is 4.79 Å². The van der Waals surface area contributed by atoms with Crippen LogP contribution in [-0.4, -0.2) is 83.2 Å². The predicted molar refractivity (Wildman–Crippen MR) is 131 cm³/mol. The number of nitrogens with zero attached hydrogens (tertiary/aromatic N) is 3. The minimum absolute atomic E-state index is 0.0178. The molecule has 186 valence electrons. The lowest BCUT2D eigenvalue weighted by Crippen LogP contribution is -2.56. The number of hydrogen-bond acceptors (Lipinski definition) is 4. The first-order chi connectivity index (χ1) is 16.3. The summed E-state index contributed by atoms with van der Waals surface area (Å²) >= 11 is 0. The van der Waals surface area contributed by atoms with Gasteiger partial charge >= 0.3 is 6.03 Å². The average Bonchev–Trinajstić information content (AvgIpc) is 3.49. The van der Waals surface area contributed by atoms with E-state index in [-0.39, 0.29) is 36.1 Å². The van der Waals surface area contributed by atoms with Crippen molar-refractivity contribution in [3.05, 3.63) is 35.9 Å². The molecule has 1 heterocycles. The smallest absolute Gasteiger partial charge is 0.321 e. The fourth-order valence-electron chi connectivity index (χ4n) is 6.32. The van der Waals surface area contributed by atoms with Crippen molar-refractivity contribution in [3.8, 4) is 0 Å². The average molecular weight is 469 g/mol. The predicted octanol–water partition coefficient (Wildman–Crippen LogP) is 2.94. The van der Waals surface area contributed by atoms with Gasteiger partial charge in [0.1, 0.15) is 6.54 Å². The van der Waals surface area contributed by atoms with E-state index in [1.54, 1.807) is 4.90 Å². The lowest BCUT2D eigenvalue weighted by Gasteiger charge is -2.51. The van der Waals surface area contributed by atoms with Crippen LogP contribution in [0.3, 0.4) is 0 Å². The number of aliphatic hydroxyl groups is 1. The van der Waals surface area contributed by atoms with Crippen molar-refractivity contribution in [3.63, 3.8) is 0 Å². The summed E-state index contributed by atoms with van der Waals surface area (Å²) in [5.41, 5.74) is 0.398. The highest BCUT2D eigenvalue weighted by Gasteiger charge is 2.55. The highest BCUT2D eigenvalue weighted by molar-refractivity contribution is 5.86. The molecule has 2 N–H and O–H groups in total. The highest BCUT2D eigenvalue weighted by atomic mass is 16.3. The third kappa shape index (κ3) is 4.33. The van der Waals surface area contributed by atoms with E-state index in [0.29, 0.717) is 12.5 Å². The van der Waals surface area contributed by atoms with Crippen LogP contribution in [0.2, 0.25) is 0 Å². The van der Waals surface area contributed by atoms with Crippen LogP contribution in [0.1, 0.15) is 63.4 Å². The fourth-order valence-corrected chi connectivity index (χ4v) is 6.32. The molecule has 0 bridgehead atoms. The molecule has 1 aromatic carbocycles. The molecule has 3 saturated carbocycles. The Labute approximate surface area is 203 Å². The second-order valence-electron chi connectivity index (χ2n) is 11.6. The zero-order valence-electron chi connectivity index (χ0n) is 20.8. The normalized spacial score (nSPS) is 30.6. The molecule has 34 heavy (non-hydrogen) atoms. The van der Waals surface area contributed by atoms with Gasteiger partial charge in [0.15, 0.2) is 0 Å². The molecule has 4 fully saturated rings. The maximum atomic E-state index is 13.6. The second kappa shape index (κ2) is 8.83. The molecular formula is C27H40N4O3. The highest BCUT2D eigenvalue weighted by Crippen LogP contribution is 2.49. The number of carbonyl (C=O) groups is 2. The zero-order valence-corrected chi connectivity index (χ0v) is 20.8. The summed E-state index contributed by atoms with van der Waals surface area (Å²) in [5, 5.41) is 12.9. The van der Waals surface area contributed by atoms with Gasteiger partial charge in [-0.05, 0) is 76.9 Å². The van der Waals surface area contributed by atoms with E-state index in [9.17, 15) is 14.7 Å². The molecule has 1 aliphatic heterocycles. The van der Waals surface area contributed by atoms with Crippen LogP contribution in [0.4, 0.5) is 4.79 Å². The maximum absolute atomic E-state index is 13.6. The summed E-state index contributed by atoms with van der Waals surface area (Å²) in [6.07, 6.45) is 9.00. The van der Waals surface area contributed by atoms with Gasteiger partial charge < -0.3 is 20.2 Å². The molecule has 7 heteroatoms. The maximum Gasteiger partial charge on any atom is 0.321 e. The molecule has 0 aromatic heterocycles. The Morgan fingerprint density at radius 3 is 2.32 bits per heavy atom. The van der Waals surface area contributed by atoms with Crippen LogP contribution >= 0.6 is 0 Å². The molecule has 7 nitrogen and oxygen atoms in total. The third-order valence-electron chi connectivity index (χ3n) is 9.18. The number of carbonyl (C=O) groups excluding carboxylic acids is 2. The summed E-state index contributed by atoms with van der Waals surface area (Å²) in [7, 11) is 4.34. The van der Waals surface area contributed by atoms with Gasteiger partial charge in [-0.1, -0.05) is 36.8 Å². The molecule has 3 amide bonds. The minimum Gasteiger partial charge on any atom is -0.388 e. The van der Waals surface area contributed by atoms with Gasteiger partial charge in [-0.3, -0.25) is 9.69 Å². The van der Waals surface area contributed by atoms with Crippen LogP contribution in [-0.2, 0) is 10.3 Å². The SMILES string of the molecule is CN(C)C1(c2ccccc2)CCC2(CC1)CN(CC(=O)NCC1(O)CC1)C(=O)N2CC1CCC1. The second-order valence-corrected chi connectivity index (χ2v) is 11.6. The number of hydrogen-bond donors (Lipinski definition) is 2. The summed E-state index contributed by atoms with van der Waals surface area (Å²) in [5.74, 6) is 0.422. The molecule has 5 rings (SSSR count). The summed E-state index contributed by atoms with van der Waals surface area (Å²) < 4.78 is 0. The molecule has 0 atom stereocenters. The summed E-state index contributed by atoms with van der Waals surface area (Å²) in [4.78, 5) is 32.5. The Hall–Kier alpha value is -2.12. The number of urea groups is 1. The molecular weight excluding hydrogens is 428 g/mol. The molecule has 0 radical (unpaired) electrons. The van der Waals surface area contributed by atoms with E-state index < -0.39 is 5.60 Å². The molecule has 1 aromatic rings. The Balaban J connectivity index is 1.32. The molecule has 4 aliphatic rings. The van der Waals surface area contributed by atoms with E-state index in [2.05, 4.69) is 59.5 Å². The van der Waals surface area contributed by atoms with E-state index in [4.69, 9.17) is 0 Å². The van der Waals surface area contributed by atoms with E-state index in [1.165, 1.54) is 24.8 Å². The van der Waals surface area contributed by atoms with Crippen molar-refractivity contribution in [2.24, 2.45) is 5.92 Å². The zero-order chi connectivity index (χ0) is 24.0. The lowest BCUT2D eigenvalue weighted by atomic mass is 9.68. The Morgan fingerprint density at radius 2 is 1.76 bits per heavy atom. The number of nitrogens with one attached hydrogen (secondary N) is 1. The van der Waals surface area contributed by atoms with Crippen molar-refractivity contribution >= 4 is 11.9 Å². The molecule has 3 aliphatic carbocycles. The van der Waals surface area contributed by atoms with E-state index >= 15 is 0 Å². The first kappa shape index (κ1) is 23.6. The number of benzene rings is 1. The van der Waals surface area contributed by atoms with E-state index in [0.717, 1.165) is 45.1 Å². The van der Waals surface area contributed by atoms with E-state index in [1.807, 2.05) is 0 Å². The Bertz CT molecular complexity index is 902. The standard InChI is InChI=1S/C27H40N4O3/c1-29(2)27(22-9-4-3-5-10-22)15-11-25(12-16-27)20-30(18-23(32)28-19-26(34)13-14-26)24(33)31(25)17-21-7-6-8-21/h3-5,9-10,21,34H,6-8,11-20H2,1-2H3,(H,28,32). The van der Waals surface area contributed by atoms with Gasteiger partial charge in [-0.15, -0.1) is 0 Å². The van der Waals surface area contributed by atoms with Crippen LogP contribution in [0.5, 0.6) is 0 Å². The van der Waals surface area contributed by atoms with Crippen LogP contribution in [0.15, 0.2) is 30.3 Å². The largest absolute Gasteiger partial charge is 0.388 e. The summed E-state index contributed by atoms with van der Waals surface area (Å²) in [6, 6.07) is 10.8. The number of rotatable bonds is 8. The van der Waals surface area contributed by atoms with Gasteiger partial charge in [0.25, 0.3) is 0 Å². The quantitative estimate of drug-likeness (QED) is 0.615. The van der Waals surface area contributed by atoms with Crippen molar-refractivity contribution in [1.29, 1.82) is 0 Å². The van der Waals surface area contributed by atoms with Crippen molar-refractivity contribution in [2.75, 3.05) is 40.3 Å². The lowest BCUT2D eigenvalue weighted by molar-refractivity contribution is -0.122. The first-order valence-electron chi connectivity index (χ1n) is 13.0. The van der Waals surface area contributed by atoms with Crippen molar-refractivity contribution in [2.45, 2.75) is 74.5 Å². The van der Waals surface area contributed by atoms with Gasteiger partial charge in [0, 0.05) is 25.2 Å². The van der Waals surface area contributed by atoms with Crippen molar-refractivity contribution in [1.82, 2.24) is 20.0 Å². The monoisotopic (exact) mass is 468 g/mol.